The lowest BCUT2D eigenvalue weighted by molar-refractivity contribution is 0.0950. The van der Waals surface area contributed by atoms with Gasteiger partial charge in [-0.1, -0.05) is 0 Å². The van der Waals surface area contributed by atoms with Crippen LogP contribution >= 0.6 is 0 Å². The van der Waals surface area contributed by atoms with Gasteiger partial charge < -0.3 is 10.1 Å². The molecule has 0 radical (unpaired) electrons. The van der Waals surface area contributed by atoms with E-state index in [0.717, 1.165) is 5.56 Å². The molecule has 2 rings (SSSR count). The minimum atomic E-state index is -0.349. The molecule has 0 atom stereocenters. The van der Waals surface area contributed by atoms with Crippen LogP contribution in [0.1, 0.15) is 21.5 Å². The molecule has 0 aliphatic carbocycles. The largest absolute Gasteiger partial charge is 0.481 e. The first-order valence-corrected chi connectivity index (χ1v) is 6.13. The zero-order chi connectivity index (χ0) is 14.5. The molecule has 0 aliphatic heterocycles. The van der Waals surface area contributed by atoms with E-state index in [0.29, 0.717) is 23.6 Å². The smallest absolute Gasteiger partial charge is 0.251 e. The monoisotopic (exact) mass is 274 g/mol. The molecule has 104 valence electrons. The van der Waals surface area contributed by atoms with Crippen LogP contribution in [-0.2, 0) is 6.54 Å². The summed E-state index contributed by atoms with van der Waals surface area (Å²) in [6.07, 6.45) is 1.61. The molecule has 0 fully saturated rings. The molecule has 0 bridgehead atoms. The Labute approximate surface area is 116 Å². The molecule has 1 aromatic carbocycles. The topological polar surface area (TPSA) is 51.2 Å². The number of amides is 1. The Morgan fingerprint density at radius 1 is 1.35 bits per heavy atom. The van der Waals surface area contributed by atoms with Crippen LogP contribution in [0, 0.1) is 12.7 Å². The van der Waals surface area contributed by atoms with Gasteiger partial charge in [-0.2, -0.15) is 0 Å². The molecule has 2 aromatic rings. The van der Waals surface area contributed by atoms with Crippen molar-refractivity contribution in [2.75, 3.05) is 7.11 Å². The number of hydrogen-bond acceptors (Lipinski definition) is 3. The molecule has 1 N–H and O–H groups in total. The molecule has 1 aromatic heterocycles. The predicted octanol–water partition coefficient (Wildman–Crippen LogP) is 2.47. The number of aromatic nitrogens is 1. The van der Waals surface area contributed by atoms with E-state index in [1.165, 1.54) is 25.3 Å². The van der Waals surface area contributed by atoms with Crippen molar-refractivity contribution in [2.45, 2.75) is 13.5 Å². The van der Waals surface area contributed by atoms with Crippen LogP contribution in [0.2, 0.25) is 0 Å². The van der Waals surface area contributed by atoms with Crippen molar-refractivity contribution in [3.63, 3.8) is 0 Å². The zero-order valence-corrected chi connectivity index (χ0v) is 11.3. The number of benzene rings is 1. The number of halogens is 1. The number of hydrogen-bond donors (Lipinski definition) is 1. The quantitative estimate of drug-likeness (QED) is 0.931. The van der Waals surface area contributed by atoms with Crippen LogP contribution in [-0.4, -0.2) is 18.0 Å². The summed E-state index contributed by atoms with van der Waals surface area (Å²) in [6, 6.07) is 7.63. The van der Waals surface area contributed by atoms with Gasteiger partial charge in [0.15, 0.2) is 0 Å². The maximum absolute atomic E-state index is 13.0. The van der Waals surface area contributed by atoms with E-state index in [1.54, 1.807) is 25.3 Å². The molecule has 0 unspecified atom stereocenters. The van der Waals surface area contributed by atoms with Crippen molar-refractivity contribution >= 4 is 5.91 Å². The number of methoxy groups -OCH3 is 1. The van der Waals surface area contributed by atoms with Gasteiger partial charge in [0.05, 0.1) is 7.11 Å². The first-order valence-electron chi connectivity index (χ1n) is 6.13. The van der Waals surface area contributed by atoms with Crippen molar-refractivity contribution in [2.24, 2.45) is 0 Å². The second kappa shape index (κ2) is 6.14. The normalized spacial score (nSPS) is 10.2. The van der Waals surface area contributed by atoms with Gasteiger partial charge in [-0.3, -0.25) is 4.79 Å². The van der Waals surface area contributed by atoms with E-state index in [-0.39, 0.29) is 11.7 Å². The van der Waals surface area contributed by atoms with Crippen LogP contribution in [0.15, 0.2) is 36.5 Å². The number of carbonyl (C=O) groups is 1. The fourth-order valence-corrected chi connectivity index (χ4v) is 1.83. The van der Waals surface area contributed by atoms with Gasteiger partial charge >= 0.3 is 0 Å². The summed E-state index contributed by atoms with van der Waals surface area (Å²) >= 11 is 0. The maximum atomic E-state index is 13.0. The number of pyridine rings is 1. The van der Waals surface area contributed by atoms with Gasteiger partial charge in [0, 0.05) is 24.4 Å². The van der Waals surface area contributed by atoms with Gasteiger partial charge in [0.25, 0.3) is 5.91 Å². The summed E-state index contributed by atoms with van der Waals surface area (Å²) < 4.78 is 18.0. The summed E-state index contributed by atoms with van der Waals surface area (Å²) in [7, 11) is 1.53. The van der Waals surface area contributed by atoms with Crippen LogP contribution in [0.25, 0.3) is 0 Å². The van der Waals surface area contributed by atoms with E-state index in [1.807, 2.05) is 0 Å². The first kappa shape index (κ1) is 14.0. The molecule has 5 heteroatoms. The molecule has 0 aliphatic rings. The first-order chi connectivity index (χ1) is 9.60. The fraction of sp³-hybridized carbons (Fsp3) is 0.200. The number of nitrogens with one attached hydrogen (secondary N) is 1. The average Bonchev–Trinajstić information content (AvgIpc) is 2.45. The van der Waals surface area contributed by atoms with E-state index < -0.39 is 0 Å². The molecule has 0 saturated carbocycles. The van der Waals surface area contributed by atoms with Crippen molar-refractivity contribution in [3.05, 3.63) is 59.0 Å². The molecular weight excluding hydrogens is 259 g/mol. The van der Waals surface area contributed by atoms with Gasteiger partial charge in [-0.05, 0) is 42.3 Å². The highest BCUT2D eigenvalue weighted by atomic mass is 19.1. The van der Waals surface area contributed by atoms with E-state index in [4.69, 9.17) is 4.74 Å². The molecule has 20 heavy (non-hydrogen) atoms. The van der Waals surface area contributed by atoms with Crippen LogP contribution in [0.5, 0.6) is 5.88 Å². The number of carbonyl (C=O) groups excluding carboxylic acids is 1. The Morgan fingerprint density at radius 3 is 2.85 bits per heavy atom. The summed E-state index contributed by atoms with van der Waals surface area (Å²) in [5.41, 5.74) is 1.95. The fourth-order valence-electron chi connectivity index (χ4n) is 1.83. The molecular formula is C15H15FN2O2. The Balaban J connectivity index is 2.04. The van der Waals surface area contributed by atoms with Crippen LogP contribution in [0.4, 0.5) is 4.39 Å². The highest BCUT2D eigenvalue weighted by Gasteiger charge is 2.09. The third-order valence-corrected chi connectivity index (χ3v) is 2.89. The van der Waals surface area contributed by atoms with Crippen molar-refractivity contribution in [3.8, 4) is 5.88 Å². The van der Waals surface area contributed by atoms with Gasteiger partial charge in [0.2, 0.25) is 5.88 Å². The Hall–Kier alpha value is -2.43. The maximum Gasteiger partial charge on any atom is 0.251 e. The van der Waals surface area contributed by atoms with Crippen molar-refractivity contribution < 1.29 is 13.9 Å². The second-order valence-electron chi connectivity index (χ2n) is 4.35. The van der Waals surface area contributed by atoms with Crippen LogP contribution < -0.4 is 10.1 Å². The zero-order valence-electron chi connectivity index (χ0n) is 11.3. The predicted molar refractivity (Wildman–Crippen MR) is 73.1 cm³/mol. The van der Waals surface area contributed by atoms with E-state index in [9.17, 15) is 9.18 Å². The number of ether oxygens (including phenoxy) is 1. The number of aryl methyl sites for hydroxylation is 1. The molecule has 0 spiro atoms. The summed E-state index contributed by atoms with van der Waals surface area (Å²) in [6.45, 7) is 2.06. The summed E-state index contributed by atoms with van der Waals surface area (Å²) in [5.74, 6) is -0.0917. The van der Waals surface area contributed by atoms with E-state index >= 15 is 0 Å². The minimum Gasteiger partial charge on any atom is -0.481 e. The molecule has 1 amide bonds. The third kappa shape index (κ3) is 3.32. The lowest BCUT2D eigenvalue weighted by atomic mass is 10.1. The standard InChI is InChI=1S/C15H15FN2O2/c1-10-7-12(16)3-4-13(10)15(19)18-9-11-5-6-17-14(8-11)20-2/h3-8H,9H2,1-2H3,(H,18,19). The van der Waals surface area contributed by atoms with Gasteiger partial charge in [0.1, 0.15) is 5.82 Å². The SMILES string of the molecule is COc1cc(CNC(=O)c2ccc(F)cc2C)ccn1. The number of rotatable bonds is 4. The molecule has 1 heterocycles. The third-order valence-electron chi connectivity index (χ3n) is 2.89. The van der Waals surface area contributed by atoms with Crippen molar-refractivity contribution in [1.29, 1.82) is 0 Å². The van der Waals surface area contributed by atoms with Crippen molar-refractivity contribution in [1.82, 2.24) is 10.3 Å². The van der Waals surface area contributed by atoms with Gasteiger partial charge in [-0.25, -0.2) is 9.37 Å². The highest BCUT2D eigenvalue weighted by Crippen LogP contribution is 2.11. The molecule has 0 saturated heterocycles. The minimum absolute atomic E-state index is 0.238. The Kier molecular flexibility index (Phi) is 4.30. The summed E-state index contributed by atoms with van der Waals surface area (Å²) in [5, 5.41) is 2.78. The number of nitrogens with zero attached hydrogens (tertiary/aromatic N) is 1. The van der Waals surface area contributed by atoms with Gasteiger partial charge in [-0.15, -0.1) is 0 Å². The summed E-state index contributed by atoms with van der Waals surface area (Å²) in [4.78, 5) is 16.0. The second-order valence-corrected chi connectivity index (χ2v) is 4.35. The highest BCUT2D eigenvalue weighted by molar-refractivity contribution is 5.95. The lowest BCUT2D eigenvalue weighted by Gasteiger charge is -2.08. The average molecular weight is 274 g/mol. The molecule has 4 nitrogen and oxygen atoms in total. The Morgan fingerprint density at radius 2 is 2.15 bits per heavy atom. The lowest BCUT2D eigenvalue weighted by Crippen LogP contribution is -2.23. The van der Waals surface area contributed by atoms with Crippen LogP contribution in [0.3, 0.4) is 0 Å². The Bertz CT molecular complexity index is 629. The van der Waals surface area contributed by atoms with E-state index in [2.05, 4.69) is 10.3 Å².